The quantitative estimate of drug-likeness (QED) is 0.837. The first kappa shape index (κ1) is 13.9. The highest BCUT2D eigenvalue weighted by Crippen LogP contribution is 2.19. The average Bonchev–Trinajstić information content (AvgIpc) is 2.37. The number of carbonyl (C=O) groups is 1. The number of amides is 1. The van der Waals surface area contributed by atoms with Crippen LogP contribution in [-0.2, 0) is 4.79 Å². The van der Waals surface area contributed by atoms with Crippen LogP contribution in [0.1, 0.15) is 30.9 Å². The van der Waals surface area contributed by atoms with E-state index in [-0.39, 0.29) is 12.5 Å². The van der Waals surface area contributed by atoms with E-state index in [0.29, 0.717) is 5.92 Å². The molecule has 1 heterocycles. The Labute approximate surface area is 115 Å². The average molecular weight is 261 g/mol. The van der Waals surface area contributed by atoms with Crippen LogP contribution in [0.4, 0.5) is 0 Å². The summed E-state index contributed by atoms with van der Waals surface area (Å²) in [7, 11) is 0. The molecule has 0 bridgehead atoms. The largest absolute Gasteiger partial charge is 0.484 e. The zero-order valence-electron chi connectivity index (χ0n) is 12.1. The lowest BCUT2D eigenvalue weighted by Crippen LogP contribution is -2.41. The standard InChI is InChI=1S/C16H23NO2/c1-12-6-7-15(14(3)9-12)19-11-16(18)17-8-4-5-13(2)10-17/h6-7,9,13H,4-5,8,10-11H2,1-3H3. The zero-order valence-corrected chi connectivity index (χ0v) is 12.1. The highest BCUT2D eigenvalue weighted by Gasteiger charge is 2.21. The van der Waals surface area contributed by atoms with E-state index in [9.17, 15) is 4.79 Å². The number of hydrogen-bond acceptors (Lipinski definition) is 2. The molecule has 1 unspecified atom stereocenters. The van der Waals surface area contributed by atoms with E-state index in [1.807, 2.05) is 24.0 Å². The summed E-state index contributed by atoms with van der Waals surface area (Å²) in [4.78, 5) is 14.0. The second-order valence-electron chi connectivity index (χ2n) is 5.64. The van der Waals surface area contributed by atoms with Gasteiger partial charge in [-0.25, -0.2) is 0 Å². The van der Waals surface area contributed by atoms with Gasteiger partial charge in [-0.1, -0.05) is 24.6 Å². The van der Waals surface area contributed by atoms with Crippen molar-refractivity contribution in [3.63, 3.8) is 0 Å². The van der Waals surface area contributed by atoms with Crippen LogP contribution in [0.3, 0.4) is 0 Å². The van der Waals surface area contributed by atoms with Gasteiger partial charge in [-0.3, -0.25) is 4.79 Å². The third-order valence-corrected chi connectivity index (χ3v) is 3.69. The number of aryl methyl sites for hydroxylation is 2. The fraction of sp³-hybridized carbons (Fsp3) is 0.562. The number of likely N-dealkylation sites (tertiary alicyclic amines) is 1. The number of nitrogens with zero attached hydrogens (tertiary/aromatic N) is 1. The predicted molar refractivity (Wildman–Crippen MR) is 76.4 cm³/mol. The van der Waals surface area contributed by atoms with E-state index < -0.39 is 0 Å². The number of carbonyl (C=O) groups excluding carboxylic acids is 1. The van der Waals surface area contributed by atoms with Crippen molar-refractivity contribution in [3.8, 4) is 5.75 Å². The van der Waals surface area contributed by atoms with Crippen molar-refractivity contribution in [1.29, 1.82) is 0 Å². The van der Waals surface area contributed by atoms with Crippen molar-refractivity contribution < 1.29 is 9.53 Å². The maximum atomic E-state index is 12.1. The maximum Gasteiger partial charge on any atom is 0.260 e. The van der Waals surface area contributed by atoms with Crippen LogP contribution in [0.2, 0.25) is 0 Å². The third-order valence-electron chi connectivity index (χ3n) is 3.69. The summed E-state index contributed by atoms with van der Waals surface area (Å²) in [5.41, 5.74) is 2.29. The van der Waals surface area contributed by atoms with Gasteiger partial charge in [0.15, 0.2) is 6.61 Å². The second kappa shape index (κ2) is 6.09. The van der Waals surface area contributed by atoms with Crippen molar-refractivity contribution in [2.24, 2.45) is 5.92 Å². The molecule has 1 aromatic rings. The number of benzene rings is 1. The van der Waals surface area contributed by atoms with Gasteiger partial charge in [-0.2, -0.15) is 0 Å². The molecule has 0 saturated carbocycles. The minimum atomic E-state index is 0.103. The Morgan fingerprint density at radius 2 is 2.21 bits per heavy atom. The van der Waals surface area contributed by atoms with E-state index in [1.54, 1.807) is 0 Å². The van der Waals surface area contributed by atoms with Gasteiger partial charge < -0.3 is 9.64 Å². The normalized spacial score (nSPS) is 19.3. The summed E-state index contributed by atoms with van der Waals surface area (Å²) in [6.45, 7) is 8.16. The molecule has 0 aromatic heterocycles. The molecule has 0 radical (unpaired) electrons. The van der Waals surface area contributed by atoms with Crippen molar-refractivity contribution in [3.05, 3.63) is 29.3 Å². The van der Waals surface area contributed by atoms with E-state index in [0.717, 1.165) is 30.8 Å². The lowest BCUT2D eigenvalue weighted by Gasteiger charge is -2.30. The Bertz CT molecular complexity index is 456. The van der Waals surface area contributed by atoms with Gasteiger partial charge in [-0.15, -0.1) is 0 Å². The summed E-state index contributed by atoms with van der Waals surface area (Å²) in [5.74, 6) is 1.52. The molecule has 1 aromatic carbocycles. The first-order chi connectivity index (χ1) is 9.06. The highest BCUT2D eigenvalue weighted by atomic mass is 16.5. The summed E-state index contributed by atoms with van der Waals surface area (Å²) in [6.07, 6.45) is 2.33. The molecular weight excluding hydrogens is 238 g/mol. The highest BCUT2D eigenvalue weighted by molar-refractivity contribution is 5.77. The molecule has 1 aliphatic heterocycles. The van der Waals surface area contributed by atoms with Gasteiger partial charge in [-0.05, 0) is 44.2 Å². The van der Waals surface area contributed by atoms with E-state index >= 15 is 0 Å². The Balaban J connectivity index is 1.89. The molecule has 0 spiro atoms. The summed E-state index contributed by atoms with van der Waals surface area (Å²) in [6, 6.07) is 6.02. The van der Waals surface area contributed by atoms with Gasteiger partial charge in [0.1, 0.15) is 5.75 Å². The Morgan fingerprint density at radius 1 is 1.42 bits per heavy atom. The van der Waals surface area contributed by atoms with Gasteiger partial charge >= 0.3 is 0 Å². The first-order valence-corrected chi connectivity index (χ1v) is 7.04. The van der Waals surface area contributed by atoms with Crippen molar-refractivity contribution in [2.75, 3.05) is 19.7 Å². The SMILES string of the molecule is Cc1ccc(OCC(=O)N2CCCC(C)C2)c(C)c1. The van der Waals surface area contributed by atoms with Crippen LogP contribution >= 0.6 is 0 Å². The van der Waals surface area contributed by atoms with Gasteiger partial charge in [0.25, 0.3) is 5.91 Å². The Morgan fingerprint density at radius 3 is 2.89 bits per heavy atom. The predicted octanol–water partition coefficient (Wildman–Crippen LogP) is 2.94. The van der Waals surface area contributed by atoms with E-state index in [4.69, 9.17) is 4.74 Å². The second-order valence-corrected chi connectivity index (χ2v) is 5.64. The maximum absolute atomic E-state index is 12.1. The van der Waals surface area contributed by atoms with E-state index in [2.05, 4.69) is 19.9 Å². The molecule has 2 rings (SSSR count). The molecular formula is C16H23NO2. The Hall–Kier alpha value is -1.51. The summed E-state index contributed by atoms with van der Waals surface area (Å²) >= 11 is 0. The molecule has 19 heavy (non-hydrogen) atoms. The van der Waals surface area contributed by atoms with Gasteiger partial charge in [0.05, 0.1) is 0 Å². The summed E-state index contributed by atoms with van der Waals surface area (Å²) < 4.78 is 5.65. The smallest absolute Gasteiger partial charge is 0.260 e. The van der Waals surface area contributed by atoms with Crippen LogP contribution in [-0.4, -0.2) is 30.5 Å². The molecule has 1 amide bonds. The number of ether oxygens (including phenoxy) is 1. The Kier molecular flexibility index (Phi) is 4.46. The van der Waals surface area contributed by atoms with Crippen molar-refractivity contribution in [1.82, 2.24) is 4.90 Å². The molecule has 0 aliphatic carbocycles. The molecule has 3 heteroatoms. The van der Waals surface area contributed by atoms with Crippen LogP contribution in [0.25, 0.3) is 0 Å². The van der Waals surface area contributed by atoms with E-state index in [1.165, 1.54) is 12.0 Å². The van der Waals surface area contributed by atoms with Crippen LogP contribution in [0.5, 0.6) is 5.75 Å². The molecule has 1 atom stereocenters. The number of hydrogen-bond donors (Lipinski definition) is 0. The van der Waals surface area contributed by atoms with Gasteiger partial charge in [0, 0.05) is 13.1 Å². The molecule has 1 saturated heterocycles. The monoisotopic (exact) mass is 261 g/mol. The molecule has 104 valence electrons. The molecule has 1 fully saturated rings. The van der Waals surface area contributed by atoms with Crippen molar-refractivity contribution >= 4 is 5.91 Å². The molecule has 1 aliphatic rings. The first-order valence-electron chi connectivity index (χ1n) is 7.04. The lowest BCUT2D eigenvalue weighted by molar-refractivity contribution is -0.135. The molecule has 3 nitrogen and oxygen atoms in total. The van der Waals surface area contributed by atoms with Crippen LogP contribution in [0, 0.1) is 19.8 Å². The fourth-order valence-electron chi connectivity index (χ4n) is 2.61. The fourth-order valence-corrected chi connectivity index (χ4v) is 2.61. The summed E-state index contributed by atoms with van der Waals surface area (Å²) in [5, 5.41) is 0. The minimum absolute atomic E-state index is 0.103. The minimum Gasteiger partial charge on any atom is -0.484 e. The lowest BCUT2D eigenvalue weighted by atomic mass is 10.0. The van der Waals surface area contributed by atoms with Crippen molar-refractivity contribution in [2.45, 2.75) is 33.6 Å². The topological polar surface area (TPSA) is 29.5 Å². The zero-order chi connectivity index (χ0) is 13.8. The number of rotatable bonds is 3. The van der Waals surface area contributed by atoms with Crippen LogP contribution in [0.15, 0.2) is 18.2 Å². The van der Waals surface area contributed by atoms with Gasteiger partial charge in [0.2, 0.25) is 0 Å². The molecule has 0 N–H and O–H groups in total. The third kappa shape index (κ3) is 3.72. The number of piperidine rings is 1. The van der Waals surface area contributed by atoms with Crippen LogP contribution < -0.4 is 4.74 Å².